The Kier molecular flexibility index (Phi) is 3.33. The van der Waals surface area contributed by atoms with Gasteiger partial charge in [-0.3, -0.25) is 0 Å². The molecule has 0 spiro atoms. The highest BCUT2D eigenvalue weighted by Crippen LogP contribution is 2.64. The van der Waals surface area contributed by atoms with Gasteiger partial charge in [0.1, 0.15) is 10.4 Å². The largest absolute Gasteiger partial charge is 0.383 e. The molecule has 1 aliphatic carbocycles. The Hall–Kier alpha value is -0.690. The number of nitrogens with zero attached hydrogens (tertiary/aromatic N) is 1. The van der Waals surface area contributed by atoms with E-state index in [0.717, 1.165) is 5.40 Å². The van der Waals surface area contributed by atoms with Crippen LogP contribution in [0.25, 0.3) is 0 Å². The molecule has 0 aromatic carbocycles. The van der Waals surface area contributed by atoms with E-state index in [0.29, 0.717) is 0 Å². The normalized spacial score (nSPS) is 27.8. The maximum absolute atomic E-state index is 13.0. The molecule has 0 saturated carbocycles. The topological polar surface area (TPSA) is 23.8 Å². The van der Waals surface area contributed by atoms with Crippen molar-refractivity contribution in [3.05, 3.63) is 9.94 Å². The van der Waals surface area contributed by atoms with E-state index in [4.69, 9.17) is 5.26 Å². The standard InChI is InChI=1S/C7ClF8NS/c8-2-3(18-1-17)5(11,12)7(15,16)6(13,14)4(2,9)10. The van der Waals surface area contributed by atoms with Gasteiger partial charge in [0, 0.05) is 0 Å². The first kappa shape index (κ1) is 15.4. The van der Waals surface area contributed by atoms with Crippen molar-refractivity contribution < 1.29 is 35.1 Å². The Morgan fingerprint density at radius 2 is 1.28 bits per heavy atom. The summed E-state index contributed by atoms with van der Waals surface area (Å²) in [6, 6.07) is 0. The SMILES string of the molecule is N#CSC1=C(Cl)C(F)(F)C(F)(F)C(F)(F)C1(F)F. The fourth-order valence-corrected chi connectivity index (χ4v) is 2.03. The third-order valence-corrected chi connectivity index (χ3v) is 3.39. The van der Waals surface area contributed by atoms with Crippen molar-refractivity contribution in [3.8, 4) is 5.40 Å². The van der Waals surface area contributed by atoms with E-state index in [2.05, 4.69) is 11.6 Å². The molecule has 0 atom stereocenters. The van der Waals surface area contributed by atoms with Crippen molar-refractivity contribution in [2.45, 2.75) is 23.7 Å². The molecule has 1 rings (SSSR count). The van der Waals surface area contributed by atoms with Gasteiger partial charge in [0.15, 0.2) is 0 Å². The van der Waals surface area contributed by atoms with E-state index in [-0.39, 0.29) is 0 Å². The van der Waals surface area contributed by atoms with Gasteiger partial charge in [-0.1, -0.05) is 11.6 Å². The first-order valence-electron chi connectivity index (χ1n) is 3.83. The zero-order valence-corrected chi connectivity index (χ0v) is 9.33. The summed E-state index contributed by atoms with van der Waals surface area (Å²) in [5.74, 6) is -24.1. The summed E-state index contributed by atoms with van der Waals surface area (Å²) in [4.78, 5) is -2.28. The van der Waals surface area contributed by atoms with Gasteiger partial charge in [-0.25, -0.2) is 0 Å². The van der Waals surface area contributed by atoms with Crippen molar-refractivity contribution in [2.75, 3.05) is 0 Å². The lowest BCUT2D eigenvalue weighted by Gasteiger charge is -2.41. The van der Waals surface area contributed by atoms with E-state index >= 15 is 0 Å². The van der Waals surface area contributed by atoms with Gasteiger partial charge < -0.3 is 0 Å². The third-order valence-electron chi connectivity index (χ3n) is 2.09. The van der Waals surface area contributed by atoms with Gasteiger partial charge in [0.25, 0.3) is 0 Å². The quantitative estimate of drug-likeness (QED) is 0.534. The fraction of sp³-hybridized carbons (Fsp3) is 0.571. The monoisotopic (exact) mass is 317 g/mol. The van der Waals surface area contributed by atoms with Gasteiger partial charge >= 0.3 is 23.7 Å². The van der Waals surface area contributed by atoms with Gasteiger partial charge in [-0.2, -0.15) is 40.4 Å². The highest BCUT2D eigenvalue weighted by atomic mass is 35.5. The number of hydrogen-bond donors (Lipinski definition) is 0. The summed E-state index contributed by atoms with van der Waals surface area (Å²) in [5, 5.41) is 6.39. The molecule has 0 fully saturated rings. The zero-order chi connectivity index (χ0) is 14.6. The minimum Gasteiger partial charge on any atom is -0.193 e. The molecule has 0 aromatic heterocycles. The molecule has 0 heterocycles. The van der Waals surface area contributed by atoms with E-state index in [9.17, 15) is 35.1 Å². The van der Waals surface area contributed by atoms with Crippen LogP contribution in [0.5, 0.6) is 0 Å². The van der Waals surface area contributed by atoms with Crippen LogP contribution >= 0.6 is 23.4 Å². The minimum absolute atomic E-state index is 0.809. The van der Waals surface area contributed by atoms with E-state index < -0.39 is 45.4 Å². The molecule has 18 heavy (non-hydrogen) atoms. The summed E-state index contributed by atoms with van der Waals surface area (Å²) < 4.78 is 103. The average molecular weight is 318 g/mol. The zero-order valence-electron chi connectivity index (χ0n) is 7.76. The van der Waals surface area contributed by atoms with Crippen LogP contribution in [0.15, 0.2) is 9.94 Å². The molecule has 0 bridgehead atoms. The van der Waals surface area contributed by atoms with Crippen LogP contribution in [0.2, 0.25) is 0 Å². The predicted octanol–water partition coefficient (Wildman–Crippen LogP) is 4.21. The first-order valence-corrected chi connectivity index (χ1v) is 5.03. The second-order valence-corrected chi connectivity index (χ2v) is 4.31. The Morgan fingerprint density at radius 1 is 0.889 bits per heavy atom. The summed E-state index contributed by atoms with van der Waals surface area (Å²) >= 11 is 3.80. The molecule has 0 aliphatic heterocycles. The van der Waals surface area contributed by atoms with Gasteiger partial charge in [0.05, 0.1) is 4.91 Å². The molecule has 1 nitrogen and oxygen atoms in total. The first-order chi connectivity index (χ1) is 7.85. The summed E-state index contributed by atoms with van der Waals surface area (Å²) in [5.41, 5.74) is 0. The molecule has 0 radical (unpaired) electrons. The van der Waals surface area contributed by atoms with Crippen LogP contribution in [-0.4, -0.2) is 23.7 Å². The smallest absolute Gasteiger partial charge is 0.193 e. The molecule has 1 aliphatic rings. The predicted molar refractivity (Wildman–Crippen MR) is 45.9 cm³/mol. The molecular weight excluding hydrogens is 318 g/mol. The van der Waals surface area contributed by atoms with Crippen molar-refractivity contribution in [1.29, 1.82) is 5.26 Å². The second-order valence-electron chi connectivity index (χ2n) is 3.13. The number of thiocyanates is 1. The Balaban J connectivity index is 3.68. The summed E-state index contributed by atoms with van der Waals surface area (Å²) in [6.07, 6.45) is 0. The van der Waals surface area contributed by atoms with Crippen molar-refractivity contribution in [3.63, 3.8) is 0 Å². The molecule has 102 valence electrons. The number of halogens is 9. The van der Waals surface area contributed by atoms with Crippen LogP contribution in [0.4, 0.5) is 35.1 Å². The Labute approximate surface area is 103 Å². The van der Waals surface area contributed by atoms with Crippen LogP contribution in [0.1, 0.15) is 0 Å². The minimum atomic E-state index is -6.37. The average Bonchev–Trinajstić information content (AvgIpc) is 2.22. The van der Waals surface area contributed by atoms with E-state index in [1.807, 2.05) is 0 Å². The number of thioether (sulfide) groups is 1. The lowest BCUT2D eigenvalue weighted by Crippen LogP contribution is -2.66. The van der Waals surface area contributed by atoms with Crippen LogP contribution in [0, 0.1) is 10.7 Å². The van der Waals surface area contributed by atoms with Gasteiger partial charge in [0.2, 0.25) is 0 Å². The Bertz CT molecular complexity index is 451. The lowest BCUT2D eigenvalue weighted by atomic mass is 9.91. The fourth-order valence-electron chi connectivity index (χ4n) is 1.11. The second kappa shape index (κ2) is 3.90. The molecule has 0 saturated heterocycles. The maximum atomic E-state index is 13.0. The van der Waals surface area contributed by atoms with Crippen LogP contribution < -0.4 is 0 Å². The number of hydrogen-bond acceptors (Lipinski definition) is 2. The maximum Gasteiger partial charge on any atom is 0.383 e. The van der Waals surface area contributed by atoms with E-state index in [1.54, 1.807) is 0 Å². The molecule has 0 aromatic rings. The lowest BCUT2D eigenvalue weighted by molar-refractivity contribution is -0.354. The molecule has 11 heteroatoms. The summed E-state index contributed by atoms with van der Waals surface area (Å²) in [7, 11) is 0. The highest BCUT2D eigenvalue weighted by molar-refractivity contribution is 8.07. The molecule has 0 unspecified atom stereocenters. The van der Waals surface area contributed by atoms with Crippen molar-refractivity contribution in [1.82, 2.24) is 0 Å². The molecule has 0 N–H and O–H groups in total. The van der Waals surface area contributed by atoms with Gasteiger partial charge in [-0.15, -0.1) is 0 Å². The molecule has 0 amide bonds. The van der Waals surface area contributed by atoms with Gasteiger partial charge in [-0.05, 0) is 11.8 Å². The van der Waals surface area contributed by atoms with E-state index in [1.165, 1.54) is 0 Å². The summed E-state index contributed by atoms with van der Waals surface area (Å²) in [6.45, 7) is 0. The number of allylic oxidation sites excluding steroid dienone is 2. The molecular formula is C7ClF8NS. The van der Waals surface area contributed by atoms with Crippen molar-refractivity contribution in [2.24, 2.45) is 0 Å². The number of rotatable bonds is 1. The third kappa shape index (κ3) is 1.53. The Morgan fingerprint density at radius 3 is 1.67 bits per heavy atom. The number of nitriles is 1. The van der Waals surface area contributed by atoms with Crippen molar-refractivity contribution >= 4 is 23.4 Å². The number of alkyl halides is 8. The van der Waals surface area contributed by atoms with Crippen LogP contribution in [-0.2, 0) is 0 Å². The van der Waals surface area contributed by atoms with Crippen LogP contribution in [0.3, 0.4) is 0 Å². The highest BCUT2D eigenvalue weighted by Gasteiger charge is 2.86.